The molecule has 5 nitrogen and oxygen atoms in total. The van der Waals surface area contributed by atoms with Gasteiger partial charge in [-0.25, -0.2) is 0 Å². The van der Waals surface area contributed by atoms with Crippen molar-refractivity contribution in [3.05, 3.63) is 0 Å². The van der Waals surface area contributed by atoms with E-state index >= 15 is 0 Å². The van der Waals surface area contributed by atoms with E-state index in [1.165, 1.54) is 0 Å². The summed E-state index contributed by atoms with van der Waals surface area (Å²) in [4.78, 5) is 25.5. The molecule has 0 aromatic heterocycles. The maximum Gasteiger partial charge on any atom is 0.306 e. The highest BCUT2D eigenvalue weighted by Crippen LogP contribution is 2.32. The number of nitrogens with zero attached hydrogens (tertiary/aromatic N) is 1. The van der Waals surface area contributed by atoms with Crippen molar-refractivity contribution in [2.45, 2.75) is 81.1 Å². The second-order valence-corrected chi connectivity index (χ2v) is 11.3. The fourth-order valence-corrected chi connectivity index (χ4v) is 4.35. The highest BCUT2D eigenvalue weighted by molar-refractivity contribution is 5.70. The lowest BCUT2D eigenvalue weighted by Crippen LogP contribution is -2.33. The van der Waals surface area contributed by atoms with Gasteiger partial charge in [0, 0.05) is 0 Å². The van der Waals surface area contributed by atoms with Gasteiger partial charge in [0.15, 0.2) is 0 Å². The summed E-state index contributed by atoms with van der Waals surface area (Å²) in [6.45, 7) is 18.2. The summed E-state index contributed by atoms with van der Waals surface area (Å²) < 4.78 is 0. The Balaban J connectivity index is 4.70. The second-order valence-electron chi connectivity index (χ2n) is 11.3. The predicted molar refractivity (Wildman–Crippen MR) is 115 cm³/mol. The molecule has 4 unspecified atom stereocenters. The van der Waals surface area contributed by atoms with E-state index in [9.17, 15) is 19.8 Å². The first kappa shape index (κ1) is 26.9. The van der Waals surface area contributed by atoms with Crippen molar-refractivity contribution in [1.82, 2.24) is 4.90 Å². The highest BCUT2D eigenvalue weighted by atomic mass is 16.4. The van der Waals surface area contributed by atoms with Crippen LogP contribution in [0.15, 0.2) is 0 Å². The van der Waals surface area contributed by atoms with E-state index in [0.29, 0.717) is 25.9 Å². The summed E-state index contributed by atoms with van der Waals surface area (Å²) in [6.07, 6.45) is 2.94. The van der Waals surface area contributed by atoms with Gasteiger partial charge in [0.05, 0.1) is 11.8 Å². The third-order valence-electron chi connectivity index (χ3n) is 5.52. The van der Waals surface area contributed by atoms with Crippen molar-refractivity contribution in [2.24, 2.45) is 34.5 Å². The quantitative estimate of drug-likeness (QED) is 0.469. The van der Waals surface area contributed by atoms with Gasteiger partial charge in [0.2, 0.25) is 0 Å². The van der Waals surface area contributed by atoms with E-state index < -0.39 is 11.9 Å². The van der Waals surface area contributed by atoms with Crippen LogP contribution in [0.3, 0.4) is 0 Å². The molecule has 2 N–H and O–H groups in total. The van der Waals surface area contributed by atoms with Crippen LogP contribution in [0.4, 0.5) is 0 Å². The molecular weight excluding hydrogens is 354 g/mol. The van der Waals surface area contributed by atoms with E-state index in [-0.39, 0.29) is 34.5 Å². The standard InChI is InChI=1S/C23H45NO4/c1-16(14-22(3,4)5)18(20(25)26)10-12-24(9)13-11-19(21(27)28)17(2)15-23(6,7)8/h16-19H,10-15H2,1-9H3,(H,25,26)(H,27,28). The molecule has 4 atom stereocenters. The summed E-state index contributed by atoms with van der Waals surface area (Å²) in [6, 6.07) is 0. The minimum absolute atomic E-state index is 0.108. The molecule has 0 aromatic rings. The maximum atomic E-state index is 11.7. The molecule has 0 radical (unpaired) electrons. The van der Waals surface area contributed by atoms with Gasteiger partial charge >= 0.3 is 11.9 Å². The van der Waals surface area contributed by atoms with Gasteiger partial charge in [0.25, 0.3) is 0 Å². The van der Waals surface area contributed by atoms with Crippen LogP contribution in [0.1, 0.15) is 81.1 Å². The molecule has 28 heavy (non-hydrogen) atoms. The van der Waals surface area contributed by atoms with Crippen LogP contribution in [-0.4, -0.2) is 47.2 Å². The minimum Gasteiger partial charge on any atom is -0.481 e. The van der Waals surface area contributed by atoms with E-state index in [1.54, 1.807) is 0 Å². The monoisotopic (exact) mass is 399 g/mol. The van der Waals surface area contributed by atoms with Crippen molar-refractivity contribution in [1.29, 1.82) is 0 Å². The van der Waals surface area contributed by atoms with Crippen molar-refractivity contribution in [2.75, 3.05) is 20.1 Å². The van der Waals surface area contributed by atoms with Crippen molar-refractivity contribution >= 4 is 11.9 Å². The van der Waals surface area contributed by atoms with Crippen LogP contribution in [-0.2, 0) is 9.59 Å². The summed E-state index contributed by atoms with van der Waals surface area (Å²) in [5.41, 5.74) is 0.216. The molecule has 0 aliphatic rings. The number of hydrogen-bond acceptors (Lipinski definition) is 3. The Kier molecular flexibility index (Phi) is 10.7. The highest BCUT2D eigenvalue weighted by Gasteiger charge is 2.30. The lowest BCUT2D eigenvalue weighted by atomic mass is 9.78. The Morgan fingerprint density at radius 2 is 1.04 bits per heavy atom. The third-order valence-corrected chi connectivity index (χ3v) is 5.52. The largest absolute Gasteiger partial charge is 0.481 e. The van der Waals surface area contributed by atoms with E-state index in [4.69, 9.17) is 0 Å². The molecular formula is C23H45NO4. The van der Waals surface area contributed by atoms with Crippen LogP contribution >= 0.6 is 0 Å². The summed E-state index contributed by atoms with van der Waals surface area (Å²) in [5.74, 6) is -1.96. The van der Waals surface area contributed by atoms with Crippen molar-refractivity contribution in [3.63, 3.8) is 0 Å². The van der Waals surface area contributed by atoms with Gasteiger partial charge in [-0.1, -0.05) is 55.4 Å². The lowest BCUT2D eigenvalue weighted by molar-refractivity contribution is -0.144. The molecule has 0 saturated heterocycles. The minimum atomic E-state index is -0.729. The van der Waals surface area contributed by atoms with E-state index in [2.05, 4.69) is 46.4 Å². The Labute approximate surface area is 172 Å². The zero-order valence-corrected chi connectivity index (χ0v) is 19.7. The van der Waals surface area contributed by atoms with Crippen LogP contribution in [0.25, 0.3) is 0 Å². The van der Waals surface area contributed by atoms with Crippen molar-refractivity contribution < 1.29 is 19.8 Å². The first-order valence-electron chi connectivity index (χ1n) is 10.7. The first-order chi connectivity index (χ1) is 12.5. The fourth-order valence-electron chi connectivity index (χ4n) is 4.35. The molecule has 166 valence electrons. The average molecular weight is 400 g/mol. The number of carboxylic acids is 2. The molecule has 0 aromatic carbocycles. The van der Waals surface area contributed by atoms with Crippen LogP contribution in [0, 0.1) is 34.5 Å². The first-order valence-corrected chi connectivity index (χ1v) is 10.7. The maximum absolute atomic E-state index is 11.7. The predicted octanol–water partition coefficient (Wildman–Crippen LogP) is 5.24. The normalized spacial score (nSPS) is 17.2. The van der Waals surface area contributed by atoms with Gasteiger partial charge in [-0.3, -0.25) is 9.59 Å². The van der Waals surface area contributed by atoms with Crippen LogP contribution < -0.4 is 0 Å². The molecule has 0 heterocycles. The second kappa shape index (κ2) is 11.2. The summed E-state index contributed by atoms with van der Waals surface area (Å²) in [7, 11) is 1.96. The number of carboxylic acid groups (broad SMARTS) is 2. The molecule has 0 fully saturated rings. The number of hydrogen-bond donors (Lipinski definition) is 2. The molecule has 0 saturated carbocycles. The molecule has 0 amide bonds. The van der Waals surface area contributed by atoms with Crippen LogP contribution in [0.2, 0.25) is 0 Å². The lowest BCUT2D eigenvalue weighted by Gasteiger charge is -2.30. The van der Waals surface area contributed by atoms with Gasteiger partial charge < -0.3 is 15.1 Å². The molecule has 0 bridgehead atoms. The smallest absolute Gasteiger partial charge is 0.306 e. The van der Waals surface area contributed by atoms with E-state index in [0.717, 1.165) is 12.8 Å². The van der Waals surface area contributed by atoms with Crippen LogP contribution in [0.5, 0.6) is 0 Å². The zero-order valence-electron chi connectivity index (χ0n) is 19.7. The van der Waals surface area contributed by atoms with Gasteiger partial charge in [0.1, 0.15) is 0 Å². The summed E-state index contributed by atoms with van der Waals surface area (Å²) in [5, 5.41) is 19.3. The number of rotatable bonds is 12. The van der Waals surface area contributed by atoms with Gasteiger partial charge in [-0.2, -0.15) is 0 Å². The number of carbonyl (C=O) groups is 2. The Morgan fingerprint density at radius 1 is 0.750 bits per heavy atom. The summed E-state index contributed by atoms with van der Waals surface area (Å²) >= 11 is 0. The average Bonchev–Trinajstić information content (AvgIpc) is 2.42. The third kappa shape index (κ3) is 11.7. The molecule has 0 aliphatic heterocycles. The van der Waals surface area contributed by atoms with E-state index in [1.807, 2.05) is 20.9 Å². The molecule has 5 heteroatoms. The van der Waals surface area contributed by atoms with Gasteiger partial charge in [-0.15, -0.1) is 0 Å². The van der Waals surface area contributed by atoms with Crippen molar-refractivity contribution in [3.8, 4) is 0 Å². The topological polar surface area (TPSA) is 77.8 Å². The van der Waals surface area contributed by atoms with Gasteiger partial charge in [-0.05, 0) is 68.5 Å². The molecule has 0 rings (SSSR count). The Bertz CT molecular complexity index is 446. The Morgan fingerprint density at radius 3 is 1.25 bits per heavy atom. The molecule has 0 spiro atoms. The number of aliphatic carboxylic acids is 2. The fraction of sp³-hybridized carbons (Fsp3) is 0.913. The SMILES string of the molecule is CC(CC(C)(C)C)C(CCN(C)CCC(C(=O)O)C(C)CC(C)(C)C)C(=O)O. The Hall–Kier alpha value is -1.10. The zero-order chi connectivity index (χ0) is 22.3. The molecule has 0 aliphatic carbocycles.